The molecule has 0 radical (unpaired) electrons. The lowest BCUT2D eigenvalue weighted by molar-refractivity contribution is 0.367. The number of ether oxygens (including phenoxy) is 1. The number of benzene rings is 1. The number of aromatic nitrogens is 1. The fraction of sp³-hybridized carbons (Fsp3) is 0.474. The van der Waals surface area contributed by atoms with Gasteiger partial charge in [0.15, 0.2) is 5.96 Å². The van der Waals surface area contributed by atoms with E-state index in [9.17, 15) is 0 Å². The fourth-order valence-electron chi connectivity index (χ4n) is 3.28. The van der Waals surface area contributed by atoms with Crippen molar-refractivity contribution in [2.75, 3.05) is 45.2 Å². The Morgan fingerprint density at radius 3 is 2.52 bits per heavy atom. The molecule has 8 heteroatoms. The third-order valence-electron chi connectivity index (χ3n) is 4.62. The lowest BCUT2D eigenvalue weighted by atomic mass is 10.2. The van der Waals surface area contributed by atoms with Crippen molar-refractivity contribution in [1.82, 2.24) is 15.2 Å². The monoisotopic (exact) mass is 501 g/mol. The molecule has 1 aliphatic rings. The second-order valence-corrected chi connectivity index (χ2v) is 7.58. The number of guanidine groups is 1. The van der Waals surface area contributed by atoms with Crippen LogP contribution >= 0.6 is 35.3 Å². The first-order valence-electron chi connectivity index (χ1n) is 8.89. The van der Waals surface area contributed by atoms with Gasteiger partial charge in [0.05, 0.1) is 30.0 Å². The summed E-state index contributed by atoms with van der Waals surface area (Å²) in [5, 5.41) is 4.60. The molecule has 0 atom stereocenters. The molecular formula is C19H28IN5OS. The number of nitrogens with zero attached hydrogens (tertiary/aromatic N) is 4. The van der Waals surface area contributed by atoms with E-state index in [-0.39, 0.29) is 24.0 Å². The van der Waals surface area contributed by atoms with E-state index in [0.717, 1.165) is 60.8 Å². The summed E-state index contributed by atoms with van der Waals surface area (Å²) in [7, 11) is 3.57. The Labute approximate surface area is 182 Å². The van der Waals surface area contributed by atoms with Gasteiger partial charge in [-0.3, -0.25) is 4.99 Å². The molecule has 0 aliphatic carbocycles. The van der Waals surface area contributed by atoms with Gasteiger partial charge in [0, 0.05) is 38.1 Å². The molecule has 6 nitrogen and oxygen atoms in total. The van der Waals surface area contributed by atoms with Crippen molar-refractivity contribution in [2.24, 2.45) is 4.99 Å². The van der Waals surface area contributed by atoms with E-state index >= 15 is 0 Å². The van der Waals surface area contributed by atoms with E-state index in [1.807, 2.05) is 26.1 Å². The molecule has 2 aromatic rings. The molecule has 0 bridgehead atoms. The highest BCUT2D eigenvalue weighted by molar-refractivity contribution is 14.0. The van der Waals surface area contributed by atoms with Crippen molar-refractivity contribution in [1.29, 1.82) is 0 Å². The molecule has 1 aromatic heterocycles. The summed E-state index contributed by atoms with van der Waals surface area (Å²) in [6.07, 6.45) is 0. The Bertz CT molecular complexity index is 771. The number of hydrogen-bond acceptors (Lipinski definition) is 5. The van der Waals surface area contributed by atoms with Gasteiger partial charge in [-0.15, -0.1) is 35.3 Å². The van der Waals surface area contributed by atoms with Crippen molar-refractivity contribution in [3.8, 4) is 5.75 Å². The van der Waals surface area contributed by atoms with Crippen LogP contribution in [0.4, 0.5) is 5.69 Å². The number of nitrogens with one attached hydrogen (secondary N) is 1. The van der Waals surface area contributed by atoms with Crippen molar-refractivity contribution >= 4 is 47.0 Å². The zero-order chi connectivity index (χ0) is 18.5. The highest BCUT2D eigenvalue weighted by Crippen LogP contribution is 2.28. The molecule has 1 N–H and O–H groups in total. The van der Waals surface area contributed by atoms with Crippen LogP contribution in [0, 0.1) is 13.8 Å². The van der Waals surface area contributed by atoms with Gasteiger partial charge < -0.3 is 19.9 Å². The number of thiazole rings is 1. The van der Waals surface area contributed by atoms with Gasteiger partial charge in [-0.05, 0) is 26.0 Å². The largest absolute Gasteiger partial charge is 0.495 e. The summed E-state index contributed by atoms with van der Waals surface area (Å²) in [5.74, 6) is 1.88. The summed E-state index contributed by atoms with van der Waals surface area (Å²) in [6.45, 7) is 8.63. The maximum atomic E-state index is 5.50. The van der Waals surface area contributed by atoms with Gasteiger partial charge in [0.25, 0.3) is 0 Å². The van der Waals surface area contributed by atoms with Crippen molar-refractivity contribution < 1.29 is 4.74 Å². The van der Waals surface area contributed by atoms with E-state index in [0.29, 0.717) is 0 Å². The zero-order valence-electron chi connectivity index (χ0n) is 16.4. The standard InChI is InChI=1S/C19H27N5OS.HI/c1-14-18(26-15(2)22-14)13-21-19(20-3)24-11-9-23(10-12-24)16-7-5-6-8-17(16)25-4;/h5-8H,9-13H2,1-4H3,(H,20,21);1H. The molecular weight excluding hydrogens is 473 g/mol. The quantitative estimate of drug-likeness (QED) is 0.396. The Kier molecular flexibility index (Phi) is 8.15. The van der Waals surface area contributed by atoms with Crippen LogP contribution in [0.1, 0.15) is 15.6 Å². The molecule has 1 saturated heterocycles. The lowest BCUT2D eigenvalue weighted by Crippen LogP contribution is -2.52. The minimum atomic E-state index is 0. The van der Waals surface area contributed by atoms with E-state index in [4.69, 9.17) is 4.74 Å². The van der Waals surface area contributed by atoms with E-state index < -0.39 is 0 Å². The molecule has 148 valence electrons. The minimum absolute atomic E-state index is 0. The summed E-state index contributed by atoms with van der Waals surface area (Å²) in [4.78, 5) is 14.9. The van der Waals surface area contributed by atoms with Crippen LogP contribution in [-0.2, 0) is 6.54 Å². The first-order valence-corrected chi connectivity index (χ1v) is 9.70. The molecule has 0 amide bonds. The third-order valence-corrected chi connectivity index (χ3v) is 5.70. The molecule has 1 fully saturated rings. The highest BCUT2D eigenvalue weighted by Gasteiger charge is 2.21. The van der Waals surface area contributed by atoms with Gasteiger partial charge in [-0.1, -0.05) is 12.1 Å². The molecule has 0 saturated carbocycles. The van der Waals surface area contributed by atoms with E-state index in [1.54, 1.807) is 18.4 Å². The number of halogens is 1. The topological polar surface area (TPSA) is 53.0 Å². The summed E-state index contributed by atoms with van der Waals surface area (Å²) in [5.41, 5.74) is 2.27. The number of para-hydroxylation sites is 2. The predicted octanol–water partition coefficient (Wildman–Crippen LogP) is 3.28. The Hall–Kier alpha value is -1.55. The molecule has 1 aliphatic heterocycles. The Balaban J connectivity index is 0.00000261. The summed E-state index contributed by atoms with van der Waals surface area (Å²) in [6, 6.07) is 8.20. The number of anilines is 1. The first-order chi connectivity index (χ1) is 12.6. The number of aryl methyl sites for hydroxylation is 2. The molecule has 0 spiro atoms. The molecule has 1 aromatic carbocycles. The van der Waals surface area contributed by atoms with E-state index in [1.165, 1.54) is 4.88 Å². The zero-order valence-corrected chi connectivity index (χ0v) is 19.5. The summed E-state index contributed by atoms with van der Waals surface area (Å²) < 4.78 is 5.50. The number of piperazine rings is 1. The maximum Gasteiger partial charge on any atom is 0.194 e. The van der Waals surface area contributed by atoms with Gasteiger partial charge >= 0.3 is 0 Å². The lowest BCUT2D eigenvalue weighted by Gasteiger charge is -2.38. The first kappa shape index (κ1) is 21.7. The van der Waals surface area contributed by atoms with Crippen LogP contribution in [0.25, 0.3) is 0 Å². The SMILES string of the molecule is CN=C(NCc1sc(C)nc1C)N1CCN(c2ccccc2OC)CC1.I. The predicted molar refractivity (Wildman–Crippen MR) is 124 cm³/mol. The van der Waals surface area contributed by atoms with Crippen LogP contribution in [0.2, 0.25) is 0 Å². The van der Waals surface area contributed by atoms with Crippen molar-refractivity contribution in [2.45, 2.75) is 20.4 Å². The fourth-order valence-corrected chi connectivity index (χ4v) is 4.16. The van der Waals surface area contributed by atoms with Crippen LogP contribution in [-0.4, -0.2) is 56.2 Å². The van der Waals surface area contributed by atoms with Crippen molar-refractivity contribution in [3.63, 3.8) is 0 Å². The van der Waals surface area contributed by atoms with Crippen LogP contribution in [0.15, 0.2) is 29.3 Å². The van der Waals surface area contributed by atoms with E-state index in [2.05, 4.69) is 44.1 Å². The second kappa shape index (κ2) is 10.1. The number of aliphatic imine (C=N–C) groups is 1. The Morgan fingerprint density at radius 2 is 1.93 bits per heavy atom. The van der Waals surface area contributed by atoms with Gasteiger partial charge in [-0.25, -0.2) is 4.98 Å². The molecule has 2 heterocycles. The van der Waals surface area contributed by atoms with Gasteiger partial charge in [-0.2, -0.15) is 0 Å². The minimum Gasteiger partial charge on any atom is -0.495 e. The molecule has 3 rings (SSSR count). The van der Waals surface area contributed by atoms with Gasteiger partial charge in [0.1, 0.15) is 5.75 Å². The Morgan fingerprint density at radius 1 is 1.22 bits per heavy atom. The normalized spacial score (nSPS) is 14.7. The van der Waals surface area contributed by atoms with Crippen LogP contribution in [0.3, 0.4) is 0 Å². The number of rotatable bonds is 4. The summed E-state index contributed by atoms with van der Waals surface area (Å²) >= 11 is 1.75. The third kappa shape index (κ3) is 5.25. The number of methoxy groups -OCH3 is 1. The second-order valence-electron chi connectivity index (χ2n) is 6.29. The van der Waals surface area contributed by atoms with Crippen molar-refractivity contribution in [3.05, 3.63) is 39.8 Å². The maximum absolute atomic E-state index is 5.50. The highest BCUT2D eigenvalue weighted by atomic mass is 127. The molecule has 0 unspecified atom stereocenters. The van der Waals surface area contributed by atoms with Gasteiger partial charge in [0.2, 0.25) is 0 Å². The average Bonchev–Trinajstić information content (AvgIpc) is 3.00. The van der Waals surface area contributed by atoms with Crippen LogP contribution < -0.4 is 15.0 Å². The smallest absolute Gasteiger partial charge is 0.194 e. The van der Waals surface area contributed by atoms with Crippen LogP contribution in [0.5, 0.6) is 5.75 Å². The number of hydrogen-bond donors (Lipinski definition) is 1. The molecule has 27 heavy (non-hydrogen) atoms. The average molecular weight is 501 g/mol.